The Bertz CT molecular complexity index is 300. The summed E-state index contributed by atoms with van der Waals surface area (Å²) in [6, 6.07) is 6.40. The molecule has 0 bridgehead atoms. The van der Waals surface area contributed by atoms with E-state index in [9.17, 15) is 0 Å². The van der Waals surface area contributed by atoms with E-state index < -0.39 is 0 Å². The maximum Gasteiger partial charge on any atom is 0.127 e. The second kappa shape index (κ2) is 4.75. The summed E-state index contributed by atoms with van der Waals surface area (Å²) in [5.74, 6) is 0.936. The van der Waals surface area contributed by atoms with Crippen LogP contribution in [0, 0.1) is 0 Å². The fourth-order valence-electron chi connectivity index (χ4n) is 1.54. The smallest absolute Gasteiger partial charge is 0.127 e. The summed E-state index contributed by atoms with van der Waals surface area (Å²) in [4.78, 5) is 4.33. The molecule has 2 heterocycles. The lowest BCUT2D eigenvalue weighted by molar-refractivity contribution is 0.0904. The first-order chi connectivity index (χ1) is 6.84. The molecule has 4 heteroatoms. The molecule has 76 valence electrons. The number of hydrogen-bond donors (Lipinski definition) is 1. The molecule has 0 amide bonds. The second-order valence-electron chi connectivity index (χ2n) is 3.38. The van der Waals surface area contributed by atoms with Crippen molar-refractivity contribution in [1.29, 1.82) is 0 Å². The molecule has 14 heavy (non-hydrogen) atoms. The number of nitrogens with one attached hydrogen (secondary N) is 1. The zero-order valence-corrected chi connectivity index (χ0v) is 9.46. The number of rotatable bonds is 2. The Labute approximate surface area is 92.0 Å². The summed E-state index contributed by atoms with van der Waals surface area (Å²) in [5, 5.41) is 3.40. The van der Waals surface area contributed by atoms with Crippen molar-refractivity contribution < 1.29 is 4.74 Å². The molecular weight excluding hydrogens is 244 g/mol. The molecule has 0 spiro atoms. The molecule has 0 aliphatic carbocycles. The van der Waals surface area contributed by atoms with E-state index >= 15 is 0 Å². The van der Waals surface area contributed by atoms with Gasteiger partial charge in [0, 0.05) is 19.3 Å². The minimum absolute atomic E-state index is 0.505. The lowest BCUT2D eigenvalue weighted by Crippen LogP contribution is -2.28. The molecule has 3 nitrogen and oxygen atoms in total. The molecule has 1 aromatic heterocycles. The van der Waals surface area contributed by atoms with Gasteiger partial charge < -0.3 is 10.1 Å². The molecule has 0 atom stereocenters. The summed E-state index contributed by atoms with van der Waals surface area (Å²) in [6.45, 7) is 1.71. The lowest BCUT2D eigenvalue weighted by atomic mass is 10.1. The molecule has 0 unspecified atom stereocenters. The van der Waals surface area contributed by atoms with Gasteiger partial charge >= 0.3 is 0 Å². The number of halogens is 1. The van der Waals surface area contributed by atoms with Crippen molar-refractivity contribution in [3.8, 4) is 0 Å². The second-order valence-corrected chi connectivity index (χ2v) is 4.19. The highest BCUT2D eigenvalue weighted by molar-refractivity contribution is 9.10. The van der Waals surface area contributed by atoms with Crippen molar-refractivity contribution in [3.05, 3.63) is 22.8 Å². The molecule has 2 rings (SSSR count). The maximum atomic E-state index is 5.29. The normalized spacial score (nSPS) is 18.1. The molecular formula is C10H13BrN2O. The van der Waals surface area contributed by atoms with Gasteiger partial charge in [0.05, 0.1) is 0 Å². The largest absolute Gasteiger partial charge is 0.381 e. The van der Waals surface area contributed by atoms with Crippen molar-refractivity contribution in [2.75, 3.05) is 18.5 Å². The van der Waals surface area contributed by atoms with Gasteiger partial charge in [-0.15, -0.1) is 0 Å². The zero-order valence-electron chi connectivity index (χ0n) is 7.87. The van der Waals surface area contributed by atoms with Crippen LogP contribution in [0.4, 0.5) is 5.82 Å². The number of hydrogen-bond acceptors (Lipinski definition) is 3. The molecule has 1 aliphatic heterocycles. The third-order valence-electron chi connectivity index (χ3n) is 2.29. The SMILES string of the molecule is Brc1cccc(NC2CCOCC2)n1. The topological polar surface area (TPSA) is 34.1 Å². The highest BCUT2D eigenvalue weighted by Gasteiger charge is 2.13. The molecule has 0 saturated carbocycles. The number of pyridine rings is 1. The Balaban J connectivity index is 1.95. The van der Waals surface area contributed by atoms with Crippen LogP contribution in [0.2, 0.25) is 0 Å². The zero-order chi connectivity index (χ0) is 9.80. The Morgan fingerprint density at radius 3 is 2.86 bits per heavy atom. The molecule has 1 saturated heterocycles. The Morgan fingerprint density at radius 1 is 1.36 bits per heavy atom. The van der Waals surface area contributed by atoms with E-state index in [1.807, 2.05) is 18.2 Å². The van der Waals surface area contributed by atoms with E-state index in [2.05, 4.69) is 26.2 Å². The van der Waals surface area contributed by atoms with Crippen LogP contribution >= 0.6 is 15.9 Å². The average Bonchev–Trinajstić information content (AvgIpc) is 2.19. The minimum atomic E-state index is 0.505. The Hall–Kier alpha value is -0.610. The van der Waals surface area contributed by atoms with Crippen LogP contribution in [-0.4, -0.2) is 24.2 Å². The summed E-state index contributed by atoms with van der Waals surface area (Å²) >= 11 is 3.35. The van der Waals surface area contributed by atoms with Crippen LogP contribution in [0.5, 0.6) is 0 Å². The molecule has 1 aromatic rings. The summed E-state index contributed by atoms with van der Waals surface area (Å²) in [5.41, 5.74) is 0. The average molecular weight is 257 g/mol. The van der Waals surface area contributed by atoms with Crippen LogP contribution in [0.25, 0.3) is 0 Å². The van der Waals surface area contributed by atoms with Gasteiger partial charge in [-0.3, -0.25) is 0 Å². The van der Waals surface area contributed by atoms with Crippen molar-refractivity contribution in [2.24, 2.45) is 0 Å². The third-order valence-corrected chi connectivity index (χ3v) is 2.73. The first-order valence-corrected chi connectivity index (χ1v) is 5.61. The molecule has 0 radical (unpaired) electrons. The van der Waals surface area contributed by atoms with Gasteiger partial charge in [-0.25, -0.2) is 4.98 Å². The van der Waals surface area contributed by atoms with Gasteiger partial charge in [-0.05, 0) is 40.9 Å². The van der Waals surface area contributed by atoms with Crippen LogP contribution in [0.3, 0.4) is 0 Å². The van der Waals surface area contributed by atoms with E-state index in [0.29, 0.717) is 6.04 Å². The van der Waals surface area contributed by atoms with Gasteiger partial charge in [0.15, 0.2) is 0 Å². The van der Waals surface area contributed by atoms with E-state index in [4.69, 9.17) is 4.74 Å². The fraction of sp³-hybridized carbons (Fsp3) is 0.500. The molecule has 1 fully saturated rings. The van der Waals surface area contributed by atoms with Crippen LogP contribution in [0.1, 0.15) is 12.8 Å². The van der Waals surface area contributed by atoms with Gasteiger partial charge in [-0.1, -0.05) is 6.07 Å². The molecule has 0 aromatic carbocycles. The summed E-state index contributed by atoms with van der Waals surface area (Å²) in [6.07, 6.45) is 2.13. The van der Waals surface area contributed by atoms with Crippen molar-refractivity contribution in [3.63, 3.8) is 0 Å². The Morgan fingerprint density at radius 2 is 2.14 bits per heavy atom. The van der Waals surface area contributed by atoms with Crippen molar-refractivity contribution in [2.45, 2.75) is 18.9 Å². The van der Waals surface area contributed by atoms with Crippen molar-refractivity contribution >= 4 is 21.7 Å². The van der Waals surface area contributed by atoms with Crippen LogP contribution in [0.15, 0.2) is 22.8 Å². The quantitative estimate of drug-likeness (QED) is 0.826. The predicted octanol–water partition coefficient (Wildman–Crippen LogP) is 2.44. The first-order valence-electron chi connectivity index (χ1n) is 4.81. The number of ether oxygens (including phenoxy) is 1. The minimum Gasteiger partial charge on any atom is -0.381 e. The van der Waals surface area contributed by atoms with Gasteiger partial charge in [0.1, 0.15) is 10.4 Å². The van der Waals surface area contributed by atoms with Crippen LogP contribution < -0.4 is 5.32 Å². The first kappa shape index (κ1) is 9.93. The fourth-order valence-corrected chi connectivity index (χ4v) is 1.88. The molecule has 1 aliphatic rings. The number of aromatic nitrogens is 1. The standard InChI is InChI=1S/C10H13BrN2O/c11-9-2-1-3-10(13-9)12-8-4-6-14-7-5-8/h1-3,8H,4-7H2,(H,12,13). The van der Waals surface area contributed by atoms with E-state index in [1.54, 1.807) is 0 Å². The molecule has 1 N–H and O–H groups in total. The van der Waals surface area contributed by atoms with Crippen molar-refractivity contribution in [1.82, 2.24) is 4.98 Å². The maximum absolute atomic E-state index is 5.29. The van der Waals surface area contributed by atoms with Gasteiger partial charge in [-0.2, -0.15) is 0 Å². The monoisotopic (exact) mass is 256 g/mol. The highest BCUT2D eigenvalue weighted by Crippen LogP contribution is 2.15. The van der Waals surface area contributed by atoms with Crippen LogP contribution in [-0.2, 0) is 4.74 Å². The summed E-state index contributed by atoms with van der Waals surface area (Å²) in [7, 11) is 0. The lowest BCUT2D eigenvalue weighted by Gasteiger charge is -2.23. The number of anilines is 1. The predicted molar refractivity (Wildman–Crippen MR) is 59.4 cm³/mol. The Kier molecular flexibility index (Phi) is 3.37. The van der Waals surface area contributed by atoms with Gasteiger partial charge in [0.2, 0.25) is 0 Å². The highest BCUT2D eigenvalue weighted by atomic mass is 79.9. The van der Waals surface area contributed by atoms with E-state index in [0.717, 1.165) is 36.5 Å². The van der Waals surface area contributed by atoms with E-state index in [-0.39, 0.29) is 0 Å². The summed E-state index contributed by atoms with van der Waals surface area (Å²) < 4.78 is 6.16. The number of nitrogens with zero attached hydrogens (tertiary/aromatic N) is 1. The van der Waals surface area contributed by atoms with Gasteiger partial charge in [0.25, 0.3) is 0 Å². The third kappa shape index (κ3) is 2.69. The van der Waals surface area contributed by atoms with E-state index in [1.165, 1.54) is 0 Å².